The molecule has 0 saturated carbocycles. The van der Waals surface area contributed by atoms with Crippen LogP contribution in [0.25, 0.3) is 0 Å². The van der Waals surface area contributed by atoms with Crippen LogP contribution in [-0.2, 0) is 0 Å². The highest BCUT2D eigenvalue weighted by atomic mass is 16.5. The summed E-state index contributed by atoms with van der Waals surface area (Å²) in [4.78, 5) is 4.18. The average Bonchev–Trinajstić information content (AvgIpc) is 2.25. The molecule has 0 spiro atoms. The van der Waals surface area contributed by atoms with Crippen LogP contribution in [0.2, 0.25) is 0 Å². The van der Waals surface area contributed by atoms with Gasteiger partial charge in [-0.05, 0) is 25.6 Å². The minimum atomic E-state index is 0.520. The molecule has 0 aliphatic heterocycles. The molecule has 3 nitrogen and oxygen atoms in total. The van der Waals surface area contributed by atoms with E-state index in [-0.39, 0.29) is 0 Å². The van der Waals surface area contributed by atoms with Gasteiger partial charge >= 0.3 is 0 Å². The molecule has 0 aliphatic rings. The SMILES string of the molecule is CCNCC(C)COc1ccc(C)nc1. The first-order valence-electron chi connectivity index (χ1n) is 5.48. The molecule has 0 bridgehead atoms. The molecule has 0 saturated heterocycles. The number of ether oxygens (including phenoxy) is 1. The lowest BCUT2D eigenvalue weighted by atomic mass is 10.2. The minimum Gasteiger partial charge on any atom is -0.492 e. The molecule has 1 unspecified atom stereocenters. The molecule has 3 heteroatoms. The quantitative estimate of drug-likeness (QED) is 0.776. The molecule has 1 atom stereocenters. The fourth-order valence-corrected chi connectivity index (χ4v) is 1.23. The van der Waals surface area contributed by atoms with Crippen molar-refractivity contribution < 1.29 is 4.74 Å². The Hall–Kier alpha value is -1.09. The van der Waals surface area contributed by atoms with Crippen LogP contribution in [0.1, 0.15) is 19.5 Å². The lowest BCUT2D eigenvalue weighted by molar-refractivity contribution is 0.255. The molecule has 0 fully saturated rings. The Bertz CT molecular complexity index is 271. The molecule has 1 aromatic rings. The zero-order valence-electron chi connectivity index (χ0n) is 9.79. The maximum atomic E-state index is 5.62. The van der Waals surface area contributed by atoms with Crippen molar-refractivity contribution in [1.82, 2.24) is 10.3 Å². The summed E-state index contributed by atoms with van der Waals surface area (Å²) < 4.78 is 5.62. The van der Waals surface area contributed by atoms with Gasteiger partial charge in [-0.1, -0.05) is 13.8 Å². The summed E-state index contributed by atoms with van der Waals surface area (Å²) in [5.74, 6) is 1.37. The Morgan fingerprint density at radius 1 is 1.47 bits per heavy atom. The van der Waals surface area contributed by atoms with Gasteiger partial charge in [-0.3, -0.25) is 4.98 Å². The van der Waals surface area contributed by atoms with Crippen molar-refractivity contribution in [2.75, 3.05) is 19.7 Å². The molecule has 15 heavy (non-hydrogen) atoms. The lowest BCUT2D eigenvalue weighted by Crippen LogP contribution is -2.24. The average molecular weight is 208 g/mol. The number of pyridine rings is 1. The first-order valence-corrected chi connectivity index (χ1v) is 5.48. The fraction of sp³-hybridized carbons (Fsp3) is 0.583. The maximum absolute atomic E-state index is 5.62. The summed E-state index contributed by atoms with van der Waals surface area (Å²) in [5, 5.41) is 3.30. The standard InChI is InChI=1S/C12H20N2O/c1-4-13-7-10(2)9-15-12-6-5-11(3)14-8-12/h5-6,8,10,13H,4,7,9H2,1-3H3. The normalized spacial score (nSPS) is 12.5. The van der Waals surface area contributed by atoms with Gasteiger partial charge in [-0.2, -0.15) is 0 Å². The predicted octanol–water partition coefficient (Wildman–Crippen LogP) is 2.01. The number of hydrogen-bond acceptors (Lipinski definition) is 3. The first kappa shape index (κ1) is 12.0. The predicted molar refractivity (Wildman–Crippen MR) is 62.2 cm³/mol. The van der Waals surface area contributed by atoms with Crippen molar-refractivity contribution in [2.45, 2.75) is 20.8 Å². The van der Waals surface area contributed by atoms with E-state index in [0.29, 0.717) is 5.92 Å². The van der Waals surface area contributed by atoms with Crippen LogP contribution in [0.15, 0.2) is 18.3 Å². The van der Waals surface area contributed by atoms with E-state index in [4.69, 9.17) is 4.74 Å². The number of nitrogens with one attached hydrogen (secondary N) is 1. The third-order valence-electron chi connectivity index (χ3n) is 2.16. The van der Waals surface area contributed by atoms with Gasteiger partial charge in [0.05, 0.1) is 12.8 Å². The molecule has 1 aromatic heterocycles. The van der Waals surface area contributed by atoms with Crippen LogP contribution in [0.4, 0.5) is 0 Å². The molecule has 1 heterocycles. The van der Waals surface area contributed by atoms with Crippen molar-refractivity contribution >= 4 is 0 Å². The molecule has 1 rings (SSSR count). The van der Waals surface area contributed by atoms with Gasteiger partial charge in [0.1, 0.15) is 5.75 Å². The van der Waals surface area contributed by atoms with Gasteiger partial charge in [-0.25, -0.2) is 0 Å². The van der Waals surface area contributed by atoms with Gasteiger partial charge in [0.2, 0.25) is 0 Å². The van der Waals surface area contributed by atoms with Crippen molar-refractivity contribution in [3.63, 3.8) is 0 Å². The van der Waals surface area contributed by atoms with Gasteiger partial charge in [0.25, 0.3) is 0 Å². The van der Waals surface area contributed by atoms with E-state index in [9.17, 15) is 0 Å². The van der Waals surface area contributed by atoms with Gasteiger partial charge in [0, 0.05) is 18.2 Å². The highest BCUT2D eigenvalue weighted by Gasteiger charge is 2.02. The van der Waals surface area contributed by atoms with Crippen LogP contribution in [0.3, 0.4) is 0 Å². The molecule has 84 valence electrons. The van der Waals surface area contributed by atoms with E-state index >= 15 is 0 Å². The van der Waals surface area contributed by atoms with Gasteiger partial charge in [0.15, 0.2) is 0 Å². The number of aromatic nitrogens is 1. The van der Waals surface area contributed by atoms with E-state index in [1.165, 1.54) is 0 Å². The second-order valence-electron chi connectivity index (χ2n) is 3.86. The van der Waals surface area contributed by atoms with Crippen molar-refractivity contribution in [2.24, 2.45) is 5.92 Å². The van der Waals surface area contributed by atoms with Crippen molar-refractivity contribution in [1.29, 1.82) is 0 Å². The van der Waals surface area contributed by atoms with Crippen molar-refractivity contribution in [3.05, 3.63) is 24.0 Å². The summed E-state index contributed by atoms with van der Waals surface area (Å²) >= 11 is 0. The lowest BCUT2D eigenvalue weighted by Gasteiger charge is -2.13. The second kappa shape index (κ2) is 6.40. The summed E-state index contributed by atoms with van der Waals surface area (Å²) in [7, 11) is 0. The Labute approximate surface area is 91.9 Å². The van der Waals surface area contributed by atoms with E-state index in [0.717, 1.165) is 31.1 Å². The van der Waals surface area contributed by atoms with Crippen molar-refractivity contribution in [3.8, 4) is 5.75 Å². The second-order valence-corrected chi connectivity index (χ2v) is 3.86. The minimum absolute atomic E-state index is 0.520. The molecule has 0 aromatic carbocycles. The van der Waals surface area contributed by atoms with Crippen LogP contribution >= 0.6 is 0 Å². The first-order chi connectivity index (χ1) is 7.22. The Morgan fingerprint density at radius 2 is 2.27 bits per heavy atom. The highest BCUT2D eigenvalue weighted by molar-refractivity contribution is 5.18. The topological polar surface area (TPSA) is 34.1 Å². The smallest absolute Gasteiger partial charge is 0.137 e. The van der Waals surface area contributed by atoms with Gasteiger partial charge in [-0.15, -0.1) is 0 Å². The molecule has 0 aliphatic carbocycles. The number of nitrogens with zero attached hydrogens (tertiary/aromatic N) is 1. The molecular weight excluding hydrogens is 188 g/mol. The zero-order valence-corrected chi connectivity index (χ0v) is 9.79. The largest absolute Gasteiger partial charge is 0.492 e. The zero-order chi connectivity index (χ0) is 11.1. The summed E-state index contributed by atoms with van der Waals surface area (Å²) in [6, 6.07) is 3.92. The highest BCUT2D eigenvalue weighted by Crippen LogP contribution is 2.09. The van der Waals surface area contributed by atoms with Crippen LogP contribution in [0, 0.1) is 12.8 Å². The molecule has 0 amide bonds. The molecule has 1 N–H and O–H groups in total. The van der Waals surface area contributed by atoms with E-state index in [1.807, 2.05) is 19.1 Å². The third-order valence-corrected chi connectivity index (χ3v) is 2.16. The number of aryl methyl sites for hydroxylation is 1. The monoisotopic (exact) mass is 208 g/mol. The molecular formula is C12H20N2O. The summed E-state index contributed by atoms with van der Waals surface area (Å²) in [6.45, 7) is 8.99. The van der Waals surface area contributed by atoms with Crippen LogP contribution < -0.4 is 10.1 Å². The van der Waals surface area contributed by atoms with Crippen LogP contribution in [-0.4, -0.2) is 24.7 Å². The summed E-state index contributed by atoms with van der Waals surface area (Å²) in [6.07, 6.45) is 1.77. The van der Waals surface area contributed by atoms with E-state index < -0.39 is 0 Å². The van der Waals surface area contributed by atoms with Gasteiger partial charge < -0.3 is 10.1 Å². The fourth-order valence-electron chi connectivity index (χ4n) is 1.23. The maximum Gasteiger partial charge on any atom is 0.137 e. The molecule has 0 radical (unpaired) electrons. The number of hydrogen-bond donors (Lipinski definition) is 1. The van der Waals surface area contributed by atoms with E-state index in [1.54, 1.807) is 6.20 Å². The third kappa shape index (κ3) is 4.79. The van der Waals surface area contributed by atoms with Crippen LogP contribution in [0.5, 0.6) is 5.75 Å². The Balaban J connectivity index is 2.27. The Morgan fingerprint density at radius 3 is 2.87 bits per heavy atom. The number of rotatable bonds is 6. The summed E-state index contributed by atoms with van der Waals surface area (Å²) in [5.41, 5.74) is 1.02. The Kier molecular flexibility index (Phi) is 5.12. The van der Waals surface area contributed by atoms with E-state index in [2.05, 4.69) is 24.1 Å².